The zero-order valence-electron chi connectivity index (χ0n) is 15.8. The molecule has 1 aliphatic heterocycles. The monoisotopic (exact) mass is 453 g/mol. The van der Waals surface area contributed by atoms with E-state index in [-0.39, 0.29) is 28.2 Å². The van der Waals surface area contributed by atoms with Crippen molar-refractivity contribution in [3.05, 3.63) is 36.0 Å². The summed E-state index contributed by atoms with van der Waals surface area (Å²) in [5.74, 6) is 5.26. The van der Waals surface area contributed by atoms with Crippen LogP contribution in [0.3, 0.4) is 0 Å². The first-order valence-electron chi connectivity index (χ1n) is 8.82. The predicted octanol–water partition coefficient (Wildman–Crippen LogP) is -1.96. The van der Waals surface area contributed by atoms with Gasteiger partial charge in [-0.15, -0.1) is 5.10 Å². The van der Waals surface area contributed by atoms with E-state index < -0.39 is 25.9 Å². The minimum atomic E-state index is -4.37. The van der Waals surface area contributed by atoms with E-state index in [1.807, 2.05) is 5.53 Å². The van der Waals surface area contributed by atoms with Gasteiger partial charge in [0.05, 0.1) is 4.90 Å². The standard InChI is InChI=1S/C16H23N9O3S2/c17-13-4-1-9(7-22-13)11-2-3-12(29(26)24-10-5-6-21-8-10)15(30(20,27)28)14(11)16(18)23-25-19/h1-4,7,10,21,24-25H,5-6,8,19H2,(H2,17,22)(H2,18,23)(H2,20,27,28). The summed E-state index contributed by atoms with van der Waals surface area (Å²) in [7, 11) is -6.25. The van der Waals surface area contributed by atoms with Crippen molar-refractivity contribution in [2.24, 2.45) is 21.8 Å². The quantitative estimate of drug-likeness (QED) is 0.107. The third kappa shape index (κ3) is 4.75. The van der Waals surface area contributed by atoms with Crippen LogP contribution >= 0.6 is 0 Å². The van der Waals surface area contributed by atoms with Gasteiger partial charge >= 0.3 is 0 Å². The van der Waals surface area contributed by atoms with Gasteiger partial charge in [-0.3, -0.25) is 0 Å². The Morgan fingerprint density at radius 1 is 1.30 bits per heavy atom. The summed E-state index contributed by atoms with van der Waals surface area (Å²) in [4.78, 5) is 3.56. The number of primary sulfonamides is 1. The van der Waals surface area contributed by atoms with Crippen molar-refractivity contribution in [3.63, 3.8) is 0 Å². The highest BCUT2D eigenvalue weighted by Crippen LogP contribution is 2.32. The summed E-state index contributed by atoms with van der Waals surface area (Å²) in [6.45, 7) is 1.38. The maximum absolute atomic E-state index is 13.0. The van der Waals surface area contributed by atoms with Gasteiger partial charge in [-0.05, 0) is 36.7 Å². The number of anilines is 1. The van der Waals surface area contributed by atoms with Crippen LogP contribution < -0.4 is 38.0 Å². The van der Waals surface area contributed by atoms with E-state index in [0.29, 0.717) is 17.7 Å². The van der Waals surface area contributed by atoms with Gasteiger partial charge in [0, 0.05) is 29.9 Å². The number of hydrogen-bond acceptors (Lipinski definition) is 9. The molecule has 1 aromatic heterocycles. The zero-order valence-corrected chi connectivity index (χ0v) is 17.5. The van der Waals surface area contributed by atoms with Crippen LogP contribution in [0.1, 0.15) is 12.0 Å². The van der Waals surface area contributed by atoms with E-state index in [9.17, 15) is 12.6 Å². The number of rotatable bonds is 7. The number of nitrogen functional groups attached to an aromatic ring is 1. The number of amidine groups is 1. The van der Waals surface area contributed by atoms with Crippen molar-refractivity contribution in [3.8, 4) is 11.1 Å². The van der Waals surface area contributed by atoms with Crippen molar-refractivity contribution in [1.29, 1.82) is 0 Å². The van der Waals surface area contributed by atoms with Crippen LogP contribution in [-0.4, -0.2) is 42.6 Å². The smallest absolute Gasteiger partial charge is 0.240 e. The Morgan fingerprint density at radius 3 is 2.63 bits per heavy atom. The molecule has 30 heavy (non-hydrogen) atoms. The molecule has 1 aliphatic rings. The summed E-state index contributed by atoms with van der Waals surface area (Å²) < 4.78 is 41.0. The molecule has 2 unspecified atom stereocenters. The first-order valence-corrected chi connectivity index (χ1v) is 11.5. The molecule has 1 aromatic carbocycles. The summed E-state index contributed by atoms with van der Waals surface area (Å²) in [6.07, 6.45) is 2.20. The molecule has 14 heteroatoms. The van der Waals surface area contributed by atoms with Crippen LogP contribution in [0.2, 0.25) is 0 Å². The highest BCUT2D eigenvalue weighted by molar-refractivity contribution is 7.90. The fourth-order valence-electron chi connectivity index (χ4n) is 3.15. The Kier molecular flexibility index (Phi) is 6.64. The first-order chi connectivity index (χ1) is 14.2. The van der Waals surface area contributed by atoms with Gasteiger partial charge in [0.2, 0.25) is 10.0 Å². The molecule has 0 saturated carbocycles. The molecule has 0 spiro atoms. The van der Waals surface area contributed by atoms with Crippen molar-refractivity contribution >= 4 is 32.7 Å². The third-order valence-electron chi connectivity index (χ3n) is 4.48. The van der Waals surface area contributed by atoms with Gasteiger partial charge in [-0.2, -0.15) is 0 Å². The Hall–Kier alpha value is -2.62. The van der Waals surface area contributed by atoms with Gasteiger partial charge in [-0.25, -0.2) is 38.8 Å². The van der Waals surface area contributed by atoms with Crippen LogP contribution in [0.15, 0.2) is 45.4 Å². The van der Waals surface area contributed by atoms with Crippen molar-refractivity contribution in [1.82, 2.24) is 20.6 Å². The molecule has 0 aliphatic carbocycles. The fraction of sp³-hybridized carbons (Fsp3) is 0.250. The molecule has 3 rings (SSSR count). The second-order valence-electron chi connectivity index (χ2n) is 6.53. The largest absolute Gasteiger partial charge is 0.384 e. The summed E-state index contributed by atoms with van der Waals surface area (Å²) in [6, 6.07) is 6.09. The summed E-state index contributed by atoms with van der Waals surface area (Å²) in [5.41, 5.74) is 14.5. The number of benzene rings is 1. The van der Waals surface area contributed by atoms with Crippen LogP contribution in [0.4, 0.5) is 5.82 Å². The number of nitrogens with one attached hydrogen (secondary N) is 3. The molecule has 2 atom stereocenters. The lowest BCUT2D eigenvalue weighted by atomic mass is 10.0. The molecule has 162 valence electrons. The van der Waals surface area contributed by atoms with Crippen LogP contribution in [0, 0.1) is 0 Å². The minimum absolute atomic E-state index is 0.0401. The van der Waals surface area contributed by atoms with E-state index in [1.165, 1.54) is 12.3 Å². The number of nitrogens with zero attached hydrogens (tertiary/aromatic N) is 2. The second kappa shape index (κ2) is 9.03. The van der Waals surface area contributed by atoms with E-state index >= 15 is 0 Å². The lowest BCUT2D eigenvalue weighted by molar-refractivity contribution is 0.593. The second-order valence-corrected chi connectivity index (χ2v) is 9.25. The minimum Gasteiger partial charge on any atom is -0.384 e. The highest BCUT2D eigenvalue weighted by Gasteiger charge is 2.29. The molecule has 1 saturated heterocycles. The highest BCUT2D eigenvalue weighted by atomic mass is 32.2. The Balaban J connectivity index is 2.24. The SMILES string of the molecule is NN/N=C(\N)c1c(-c2ccc(N)nc2)ccc(S(=O)NC2CCNC2)c1S(N)(=O)=O. The predicted molar refractivity (Wildman–Crippen MR) is 114 cm³/mol. The normalized spacial score (nSPS) is 18.3. The van der Waals surface area contributed by atoms with Crippen molar-refractivity contribution < 1.29 is 12.6 Å². The van der Waals surface area contributed by atoms with E-state index in [0.717, 1.165) is 13.0 Å². The Labute approximate surface area is 176 Å². The number of hydrazine groups is 1. The van der Waals surface area contributed by atoms with Crippen LogP contribution in [-0.2, 0) is 21.0 Å². The topological polar surface area (TPSA) is 217 Å². The van der Waals surface area contributed by atoms with Crippen molar-refractivity contribution in [2.75, 3.05) is 18.8 Å². The summed E-state index contributed by atoms with van der Waals surface area (Å²) in [5, 5.41) is 12.4. The number of pyridine rings is 1. The number of sulfonamides is 1. The summed E-state index contributed by atoms with van der Waals surface area (Å²) >= 11 is 0. The van der Waals surface area contributed by atoms with Crippen molar-refractivity contribution in [2.45, 2.75) is 22.3 Å². The number of aromatic nitrogens is 1. The van der Waals surface area contributed by atoms with Crippen LogP contribution in [0.5, 0.6) is 0 Å². The molecule has 2 aromatic rings. The molecule has 2 heterocycles. The lowest BCUT2D eigenvalue weighted by Gasteiger charge is -2.18. The van der Waals surface area contributed by atoms with Gasteiger partial charge in [0.25, 0.3) is 0 Å². The number of hydrazone groups is 1. The zero-order chi connectivity index (χ0) is 21.9. The Bertz CT molecular complexity index is 1080. The third-order valence-corrected chi connectivity index (χ3v) is 6.89. The van der Waals surface area contributed by atoms with Gasteiger partial charge in [0.1, 0.15) is 21.7 Å². The number of nitrogens with two attached hydrogens (primary N) is 4. The van der Waals surface area contributed by atoms with E-state index in [2.05, 4.69) is 20.1 Å². The molecule has 12 nitrogen and oxygen atoms in total. The molecular formula is C16H23N9O3S2. The Morgan fingerprint density at radius 2 is 2.07 bits per heavy atom. The maximum Gasteiger partial charge on any atom is 0.240 e. The molecule has 0 bridgehead atoms. The van der Waals surface area contributed by atoms with Gasteiger partial charge < -0.3 is 16.8 Å². The van der Waals surface area contributed by atoms with Gasteiger partial charge in [-0.1, -0.05) is 6.07 Å². The molecule has 11 N–H and O–H groups in total. The lowest BCUT2D eigenvalue weighted by Crippen LogP contribution is -2.34. The molecular weight excluding hydrogens is 430 g/mol. The first kappa shape index (κ1) is 22.1. The maximum atomic E-state index is 13.0. The van der Waals surface area contributed by atoms with Crippen LogP contribution in [0.25, 0.3) is 11.1 Å². The van der Waals surface area contributed by atoms with Gasteiger partial charge in [0.15, 0.2) is 5.84 Å². The average Bonchev–Trinajstić information content (AvgIpc) is 3.20. The molecule has 1 fully saturated rings. The molecule has 0 radical (unpaired) electrons. The molecule has 0 amide bonds. The number of hydrogen-bond donors (Lipinski definition) is 7. The average molecular weight is 454 g/mol. The fourth-order valence-corrected chi connectivity index (χ4v) is 5.66. The van der Waals surface area contributed by atoms with E-state index in [4.69, 9.17) is 22.4 Å². The van der Waals surface area contributed by atoms with E-state index in [1.54, 1.807) is 18.2 Å².